The van der Waals surface area contributed by atoms with E-state index in [1.165, 1.54) is 11.6 Å². The molecule has 0 spiro atoms. The molecule has 0 bridgehead atoms. The number of carbonyl (C=O) groups excluding carboxylic acids is 1. The van der Waals surface area contributed by atoms with E-state index in [1.54, 1.807) is 12.3 Å². The van der Waals surface area contributed by atoms with Crippen molar-refractivity contribution in [3.8, 4) is 0 Å². The van der Waals surface area contributed by atoms with E-state index in [-0.39, 0.29) is 19.0 Å². The Bertz CT molecular complexity index is 361. The van der Waals surface area contributed by atoms with E-state index in [0.717, 1.165) is 0 Å². The number of nitrogen functional groups attached to an aromatic ring is 1. The van der Waals surface area contributed by atoms with Crippen LogP contribution in [0.2, 0.25) is 0 Å². The second-order valence-electron chi connectivity index (χ2n) is 3.87. The predicted octanol–water partition coefficient (Wildman–Crippen LogP) is -1.68. The summed E-state index contributed by atoms with van der Waals surface area (Å²) in [6.07, 6.45) is 1.58. The van der Waals surface area contributed by atoms with Crippen LogP contribution in [0.25, 0.3) is 0 Å². The van der Waals surface area contributed by atoms with Crippen LogP contribution >= 0.6 is 0 Å². The molecule has 7 nitrogen and oxygen atoms in total. The second-order valence-corrected chi connectivity index (χ2v) is 3.87. The summed E-state index contributed by atoms with van der Waals surface area (Å²) in [5.74, 6) is 0.0342. The van der Waals surface area contributed by atoms with Crippen molar-refractivity contribution in [1.82, 2.24) is 15.1 Å². The molecule has 1 amide bonds. The van der Waals surface area contributed by atoms with Crippen LogP contribution in [0.3, 0.4) is 0 Å². The third-order valence-electron chi connectivity index (χ3n) is 1.97. The predicted molar refractivity (Wildman–Crippen MR) is 57.4 cm³/mol. The van der Waals surface area contributed by atoms with Gasteiger partial charge in [-0.05, 0) is 13.0 Å². The summed E-state index contributed by atoms with van der Waals surface area (Å²) in [6.45, 7) is 1.03. The molecule has 1 unspecified atom stereocenters. The standard InChI is InChI=1S/C9H16N4O3/c1-9(16,6-14)5-11-8(15)4-13-3-2-7(10)12-13/h2-3,14,16H,4-6H2,1H3,(H2,10,12)(H,11,15). The highest BCUT2D eigenvalue weighted by atomic mass is 16.3. The van der Waals surface area contributed by atoms with Crippen LogP contribution in [-0.2, 0) is 11.3 Å². The zero-order chi connectivity index (χ0) is 12.2. The molecule has 0 saturated heterocycles. The topological polar surface area (TPSA) is 113 Å². The van der Waals surface area contributed by atoms with Crippen molar-refractivity contribution in [2.45, 2.75) is 19.1 Å². The maximum Gasteiger partial charge on any atom is 0.241 e. The molecule has 16 heavy (non-hydrogen) atoms. The maximum absolute atomic E-state index is 11.4. The molecule has 0 saturated carbocycles. The molecule has 0 radical (unpaired) electrons. The molecule has 1 heterocycles. The zero-order valence-electron chi connectivity index (χ0n) is 9.05. The lowest BCUT2D eigenvalue weighted by atomic mass is 10.1. The largest absolute Gasteiger partial charge is 0.393 e. The first-order valence-electron chi connectivity index (χ1n) is 4.82. The third-order valence-corrected chi connectivity index (χ3v) is 1.97. The van der Waals surface area contributed by atoms with Gasteiger partial charge in [0.15, 0.2) is 0 Å². The van der Waals surface area contributed by atoms with E-state index >= 15 is 0 Å². The Morgan fingerprint density at radius 1 is 1.75 bits per heavy atom. The number of hydrogen-bond donors (Lipinski definition) is 4. The summed E-state index contributed by atoms with van der Waals surface area (Å²) in [7, 11) is 0. The fraction of sp³-hybridized carbons (Fsp3) is 0.556. The SMILES string of the molecule is CC(O)(CO)CNC(=O)Cn1ccc(N)n1. The molecule has 1 aromatic heterocycles. The molecule has 0 aliphatic rings. The normalized spacial score (nSPS) is 14.4. The van der Waals surface area contributed by atoms with Crippen LogP contribution in [0.15, 0.2) is 12.3 Å². The van der Waals surface area contributed by atoms with Crippen LogP contribution in [0.5, 0.6) is 0 Å². The number of nitrogens with one attached hydrogen (secondary N) is 1. The molecule has 0 fully saturated rings. The minimum Gasteiger partial charge on any atom is -0.393 e. The van der Waals surface area contributed by atoms with Crippen LogP contribution in [0.4, 0.5) is 5.82 Å². The fourth-order valence-corrected chi connectivity index (χ4v) is 1.01. The maximum atomic E-state index is 11.4. The van der Waals surface area contributed by atoms with Gasteiger partial charge in [-0.15, -0.1) is 0 Å². The first-order valence-corrected chi connectivity index (χ1v) is 4.82. The highest BCUT2D eigenvalue weighted by molar-refractivity contribution is 5.75. The highest BCUT2D eigenvalue weighted by Crippen LogP contribution is 1.99. The Morgan fingerprint density at radius 2 is 2.44 bits per heavy atom. The molecule has 0 aromatic carbocycles. The molecule has 1 rings (SSSR count). The number of anilines is 1. The summed E-state index contributed by atoms with van der Waals surface area (Å²) in [5.41, 5.74) is 4.08. The number of carbonyl (C=O) groups is 1. The van der Waals surface area contributed by atoms with Gasteiger partial charge < -0.3 is 21.3 Å². The van der Waals surface area contributed by atoms with Gasteiger partial charge in [0.05, 0.1) is 6.61 Å². The van der Waals surface area contributed by atoms with E-state index in [4.69, 9.17) is 10.8 Å². The minimum atomic E-state index is -1.31. The smallest absolute Gasteiger partial charge is 0.241 e. The van der Waals surface area contributed by atoms with E-state index in [2.05, 4.69) is 10.4 Å². The molecular weight excluding hydrogens is 212 g/mol. The van der Waals surface area contributed by atoms with E-state index in [9.17, 15) is 9.90 Å². The number of hydrogen-bond acceptors (Lipinski definition) is 5. The number of rotatable bonds is 5. The van der Waals surface area contributed by atoms with Gasteiger partial charge in [-0.1, -0.05) is 0 Å². The molecule has 5 N–H and O–H groups in total. The van der Waals surface area contributed by atoms with E-state index < -0.39 is 12.2 Å². The lowest BCUT2D eigenvalue weighted by Crippen LogP contribution is -2.44. The Balaban J connectivity index is 2.37. The van der Waals surface area contributed by atoms with Crippen molar-refractivity contribution in [2.24, 2.45) is 0 Å². The number of amides is 1. The monoisotopic (exact) mass is 228 g/mol. The second kappa shape index (κ2) is 4.95. The van der Waals surface area contributed by atoms with Gasteiger partial charge in [0.25, 0.3) is 0 Å². The molecule has 0 aliphatic carbocycles. The Labute approximate surface area is 92.9 Å². The quantitative estimate of drug-likeness (QED) is 0.481. The molecule has 1 atom stereocenters. The zero-order valence-corrected chi connectivity index (χ0v) is 9.05. The van der Waals surface area contributed by atoms with Gasteiger partial charge in [0.2, 0.25) is 5.91 Å². The Kier molecular flexibility index (Phi) is 3.86. The summed E-state index contributed by atoms with van der Waals surface area (Å²) in [6, 6.07) is 1.58. The highest BCUT2D eigenvalue weighted by Gasteiger charge is 2.19. The third kappa shape index (κ3) is 3.87. The molecule has 90 valence electrons. The average Bonchev–Trinajstić information content (AvgIpc) is 2.61. The molecule has 7 heteroatoms. The first kappa shape index (κ1) is 12.5. The number of aliphatic hydroxyl groups excluding tert-OH is 1. The summed E-state index contributed by atoms with van der Waals surface area (Å²) < 4.78 is 1.39. The number of nitrogens with zero attached hydrogens (tertiary/aromatic N) is 2. The molecule has 1 aromatic rings. The molecule has 0 aliphatic heterocycles. The lowest BCUT2D eigenvalue weighted by molar-refractivity contribution is -0.123. The van der Waals surface area contributed by atoms with Crippen molar-refractivity contribution in [1.29, 1.82) is 0 Å². The van der Waals surface area contributed by atoms with Gasteiger partial charge in [0, 0.05) is 12.7 Å². The van der Waals surface area contributed by atoms with Gasteiger partial charge >= 0.3 is 0 Å². The first-order chi connectivity index (χ1) is 7.43. The van der Waals surface area contributed by atoms with Crippen molar-refractivity contribution in [2.75, 3.05) is 18.9 Å². The lowest BCUT2D eigenvalue weighted by Gasteiger charge is -2.20. The van der Waals surface area contributed by atoms with Gasteiger partial charge in [-0.25, -0.2) is 0 Å². The number of aromatic nitrogens is 2. The van der Waals surface area contributed by atoms with Crippen molar-refractivity contribution < 1.29 is 15.0 Å². The van der Waals surface area contributed by atoms with E-state index in [1.807, 2.05) is 0 Å². The van der Waals surface area contributed by atoms with Crippen LogP contribution in [0.1, 0.15) is 6.92 Å². The van der Waals surface area contributed by atoms with Gasteiger partial charge in [-0.3, -0.25) is 9.48 Å². The van der Waals surface area contributed by atoms with Crippen LogP contribution in [0, 0.1) is 0 Å². The van der Waals surface area contributed by atoms with Crippen LogP contribution < -0.4 is 11.1 Å². The van der Waals surface area contributed by atoms with E-state index in [0.29, 0.717) is 5.82 Å². The van der Waals surface area contributed by atoms with Crippen molar-refractivity contribution >= 4 is 11.7 Å². The summed E-state index contributed by atoms with van der Waals surface area (Å²) in [5, 5.41) is 24.5. The molecular formula is C9H16N4O3. The summed E-state index contributed by atoms with van der Waals surface area (Å²) in [4.78, 5) is 11.4. The van der Waals surface area contributed by atoms with Gasteiger partial charge in [0.1, 0.15) is 18.0 Å². The van der Waals surface area contributed by atoms with Gasteiger partial charge in [-0.2, -0.15) is 5.10 Å². The van der Waals surface area contributed by atoms with Crippen molar-refractivity contribution in [3.05, 3.63) is 12.3 Å². The Morgan fingerprint density at radius 3 is 2.94 bits per heavy atom. The fourth-order valence-electron chi connectivity index (χ4n) is 1.01. The van der Waals surface area contributed by atoms with Crippen LogP contribution in [-0.4, -0.2) is 44.7 Å². The summed E-state index contributed by atoms with van der Waals surface area (Å²) >= 11 is 0. The van der Waals surface area contributed by atoms with Crippen molar-refractivity contribution in [3.63, 3.8) is 0 Å². The Hall–Kier alpha value is -1.60. The number of nitrogens with two attached hydrogens (primary N) is 1. The minimum absolute atomic E-state index is 0.0148. The number of aliphatic hydroxyl groups is 2. The average molecular weight is 228 g/mol.